The van der Waals surface area contributed by atoms with E-state index in [0.29, 0.717) is 18.2 Å². The molecule has 4 nitrogen and oxygen atoms in total. The van der Waals surface area contributed by atoms with E-state index in [4.69, 9.17) is 17.0 Å². The van der Waals surface area contributed by atoms with E-state index in [2.05, 4.69) is 34.5 Å². The second-order valence-corrected chi connectivity index (χ2v) is 7.15. The molecule has 1 unspecified atom stereocenters. The smallest absolute Gasteiger partial charge is 0.338 e. The molecule has 2 aromatic rings. The predicted molar refractivity (Wildman–Crippen MR) is 113 cm³/mol. The maximum atomic E-state index is 11.8. The van der Waals surface area contributed by atoms with E-state index in [1.54, 1.807) is 19.1 Å². The van der Waals surface area contributed by atoms with Gasteiger partial charge in [0.2, 0.25) is 0 Å². The van der Waals surface area contributed by atoms with Gasteiger partial charge < -0.3 is 15.0 Å². The Kier molecular flexibility index (Phi) is 6.82. The van der Waals surface area contributed by atoms with Gasteiger partial charge in [-0.3, -0.25) is 0 Å². The minimum Gasteiger partial charge on any atom is -0.462 e. The number of piperidine rings is 1. The minimum atomic E-state index is -0.300. The molecule has 1 N–H and O–H groups in total. The third kappa shape index (κ3) is 5.30. The zero-order chi connectivity index (χ0) is 19.1. The van der Waals surface area contributed by atoms with Gasteiger partial charge in [-0.05, 0) is 74.7 Å². The summed E-state index contributed by atoms with van der Waals surface area (Å²) in [6.07, 6.45) is 4.56. The molecule has 2 aromatic carbocycles. The van der Waals surface area contributed by atoms with Crippen molar-refractivity contribution in [2.45, 2.75) is 38.6 Å². The van der Waals surface area contributed by atoms with Crippen LogP contribution in [-0.2, 0) is 11.2 Å². The van der Waals surface area contributed by atoms with Gasteiger partial charge in [0.05, 0.1) is 12.2 Å². The van der Waals surface area contributed by atoms with Crippen LogP contribution in [0.25, 0.3) is 0 Å². The van der Waals surface area contributed by atoms with Crippen molar-refractivity contribution in [3.63, 3.8) is 0 Å². The van der Waals surface area contributed by atoms with Crippen LogP contribution in [0.3, 0.4) is 0 Å². The second kappa shape index (κ2) is 9.51. The molecule has 1 fully saturated rings. The van der Waals surface area contributed by atoms with Gasteiger partial charge in [-0.15, -0.1) is 0 Å². The van der Waals surface area contributed by atoms with Crippen LogP contribution in [0, 0.1) is 0 Å². The number of nitrogens with zero attached hydrogens (tertiary/aromatic N) is 1. The van der Waals surface area contributed by atoms with E-state index in [9.17, 15) is 4.79 Å². The summed E-state index contributed by atoms with van der Waals surface area (Å²) in [5.74, 6) is -0.300. The summed E-state index contributed by atoms with van der Waals surface area (Å²) in [7, 11) is 0. The van der Waals surface area contributed by atoms with Crippen molar-refractivity contribution in [3.05, 3.63) is 65.7 Å². The standard InChI is InChI=1S/C22H26N2O2S/c1-2-26-21(25)18-11-13-19(14-12-18)23-22(27)24-15-7-6-10-20(24)16-17-8-4-3-5-9-17/h3-5,8-9,11-14,20H,2,6-7,10,15-16H2,1H3,(H,23,27). The van der Waals surface area contributed by atoms with E-state index < -0.39 is 0 Å². The van der Waals surface area contributed by atoms with Gasteiger partial charge in [0.15, 0.2) is 5.11 Å². The molecule has 0 spiro atoms. The molecule has 27 heavy (non-hydrogen) atoms. The first-order chi connectivity index (χ1) is 13.2. The lowest BCUT2D eigenvalue weighted by atomic mass is 9.96. The average Bonchev–Trinajstić information content (AvgIpc) is 2.70. The quantitative estimate of drug-likeness (QED) is 0.602. The van der Waals surface area contributed by atoms with Gasteiger partial charge in [0.25, 0.3) is 0 Å². The Balaban J connectivity index is 1.63. The summed E-state index contributed by atoms with van der Waals surface area (Å²) >= 11 is 5.70. The van der Waals surface area contributed by atoms with Crippen LogP contribution in [0.2, 0.25) is 0 Å². The monoisotopic (exact) mass is 382 g/mol. The molecule has 0 aromatic heterocycles. The van der Waals surface area contributed by atoms with Crippen LogP contribution < -0.4 is 5.32 Å². The molecular formula is C22H26N2O2S. The largest absolute Gasteiger partial charge is 0.462 e. The number of ether oxygens (including phenoxy) is 1. The Morgan fingerprint density at radius 1 is 1.15 bits per heavy atom. The SMILES string of the molecule is CCOC(=O)c1ccc(NC(=S)N2CCCCC2Cc2ccccc2)cc1. The van der Waals surface area contributed by atoms with Gasteiger partial charge in [-0.1, -0.05) is 30.3 Å². The molecule has 3 rings (SSSR count). The van der Waals surface area contributed by atoms with Gasteiger partial charge in [0, 0.05) is 18.3 Å². The van der Waals surface area contributed by atoms with Crippen LogP contribution in [0.4, 0.5) is 5.69 Å². The highest BCUT2D eigenvalue weighted by molar-refractivity contribution is 7.80. The molecule has 1 aliphatic heterocycles. The van der Waals surface area contributed by atoms with E-state index in [1.807, 2.05) is 18.2 Å². The number of anilines is 1. The number of rotatable bonds is 5. The minimum absolute atomic E-state index is 0.300. The molecule has 0 saturated carbocycles. The predicted octanol–water partition coefficient (Wildman–Crippen LogP) is 4.66. The number of carbonyl (C=O) groups excluding carboxylic acids is 1. The zero-order valence-corrected chi connectivity index (χ0v) is 16.5. The first-order valence-corrected chi connectivity index (χ1v) is 9.97. The fourth-order valence-electron chi connectivity index (χ4n) is 3.47. The topological polar surface area (TPSA) is 41.6 Å². The number of likely N-dealkylation sites (tertiary alicyclic amines) is 1. The summed E-state index contributed by atoms with van der Waals surface area (Å²) in [6, 6.07) is 18.3. The molecule has 0 amide bonds. The summed E-state index contributed by atoms with van der Waals surface area (Å²) in [4.78, 5) is 14.1. The lowest BCUT2D eigenvalue weighted by Crippen LogP contribution is -2.46. The molecule has 142 valence electrons. The Bertz CT molecular complexity index is 762. The molecule has 0 aliphatic carbocycles. The Hall–Kier alpha value is -2.40. The highest BCUT2D eigenvalue weighted by Crippen LogP contribution is 2.22. The molecule has 1 aliphatic rings. The fourth-order valence-corrected chi connectivity index (χ4v) is 3.82. The number of benzene rings is 2. The van der Waals surface area contributed by atoms with Crippen LogP contribution in [0.1, 0.15) is 42.1 Å². The summed E-state index contributed by atoms with van der Waals surface area (Å²) in [6.45, 7) is 3.15. The van der Waals surface area contributed by atoms with E-state index in [1.165, 1.54) is 12.0 Å². The van der Waals surface area contributed by atoms with E-state index in [0.717, 1.165) is 36.6 Å². The van der Waals surface area contributed by atoms with Gasteiger partial charge >= 0.3 is 5.97 Å². The Morgan fingerprint density at radius 3 is 2.59 bits per heavy atom. The molecule has 0 radical (unpaired) electrons. The van der Waals surface area contributed by atoms with Crippen molar-refractivity contribution < 1.29 is 9.53 Å². The highest BCUT2D eigenvalue weighted by atomic mass is 32.1. The van der Waals surface area contributed by atoms with Crippen molar-refractivity contribution in [1.29, 1.82) is 0 Å². The van der Waals surface area contributed by atoms with E-state index in [-0.39, 0.29) is 5.97 Å². The first kappa shape index (κ1) is 19.4. The number of hydrogen-bond donors (Lipinski definition) is 1. The Labute approximate surface area is 166 Å². The number of hydrogen-bond acceptors (Lipinski definition) is 3. The summed E-state index contributed by atoms with van der Waals surface area (Å²) in [5, 5.41) is 4.08. The van der Waals surface area contributed by atoms with Crippen molar-refractivity contribution in [2.75, 3.05) is 18.5 Å². The zero-order valence-electron chi connectivity index (χ0n) is 15.7. The number of carbonyl (C=O) groups is 1. The molecule has 1 saturated heterocycles. The lowest BCUT2D eigenvalue weighted by Gasteiger charge is -2.38. The number of esters is 1. The van der Waals surface area contributed by atoms with Crippen molar-refractivity contribution in [2.24, 2.45) is 0 Å². The molecular weight excluding hydrogens is 356 g/mol. The Morgan fingerprint density at radius 2 is 1.89 bits per heavy atom. The maximum Gasteiger partial charge on any atom is 0.338 e. The van der Waals surface area contributed by atoms with Crippen molar-refractivity contribution >= 4 is 29.0 Å². The lowest BCUT2D eigenvalue weighted by molar-refractivity contribution is 0.0526. The van der Waals surface area contributed by atoms with Crippen LogP contribution in [0.15, 0.2) is 54.6 Å². The second-order valence-electron chi connectivity index (χ2n) is 6.76. The van der Waals surface area contributed by atoms with Crippen LogP contribution in [0.5, 0.6) is 0 Å². The molecule has 1 atom stereocenters. The van der Waals surface area contributed by atoms with Crippen LogP contribution >= 0.6 is 12.2 Å². The van der Waals surface area contributed by atoms with Crippen molar-refractivity contribution in [3.8, 4) is 0 Å². The number of thiocarbonyl (C=S) groups is 1. The van der Waals surface area contributed by atoms with Gasteiger partial charge in [-0.2, -0.15) is 0 Å². The third-order valence-electron chi connectivity index (χ3n) is 4.85. The maximum absolute atomic E-state index is 11.8. The normalized spacial score (nSPS) is 16.6. The third-order valence-corrected chi connectivity index (χ3v) is 5.19. The van der Waals surface area contributed by atoms with E-state index >= 15 is 0 Å². The van der Waals surface area contributed by atoms with Crippen LogP contribution in [-0.4, -0.2) is 35.2 Å². The first-order valence-electron chi connectivity index (χ1n) is 9.56. The number of nitrogens with one attached hydrogen (secondary N) is 1. The summed E-state index contributed by atoms with van der Waals surface area (Å²) < 4.78 is 5.02. The molecule has 5 heteroatoms. The average molecular weight is 383 g/mol. The highest BCUT2D eigenvalue weighted by Gasteiger charge is 2.24. The summed E-state index contributed by atoms with van der Waals surface area (Å²) in [5.41, 5.74) is 2.78. The van der Waals surface area contributed by atoms with Gasteiger partial charge in [0.1, 0.15) is 0 Å². The molecule has 0 bridgehead atoms. The fraction of sp³-hybridized carbons (Fsp3) is 0.364. The molecule has 1 heterocycles. The van der Waals surface area contributed by atoms with Crippen molar-refractivity contribution in [1.82, 2.24) is 4.90 Å². The van der Waals surface area contributed by atoms with Gasteiger partial charge in [-0.25, -0.2) is 4.79 Å².